The minimum absolute atomic E-state index is 0.0116. The molecule has 0 fully saturated rings. The summed E-state index contributed by atoms with van der Waals surface area (Å²) in [5.41, 5.74) is 0.301. The quantitative estimate of drug-likeness (QED) is 0.523. The van der Waals surface area contributed by atoms with Crippen LogP contribution in [0.1, 0.15) is 79.4 Å². The SMILES string of the molecule is CCCCC(CCC)NC(=O)C1(C)Cn2nc(C(=O)OC)cc2C(=O)N1c1ccc(C)c(Cl)c1. The van der Waals surface area contributed by atoms with Crippen LogP contribution in [-0.4, -0.2) is 46.3 Å². The maximum atomic E-state index is 13.8. The molecule has 0 bridgehead atoms. The average molecular weight is 489 g/mol. The summed E-state index contributed by atoms with van der Waals surface area (Å²) in [5, 5.41) is 7.94. The van der Waals surface area contributed by atoms with Crippen LogP contribution in [0.15, 0.2) is 24.3 Å². The smallest absolute Gasteiger partial charge is 0.358 e. The topological polar surface area (TPSA) is 93.5 Å². The number of carbonyl (C=O) groups is 3. The van der Waals surface area contributed by atoms with Crippen LogP contribution in [-0.2, 0) is 16.1 Å². The van der Waals surface area contributed by atoms with Gasteiger partial charge in [-0.05, 0) is 44.4 Å². The summed E-state index contributed by atoms with van der Waals surface area (Å²) in [6.07, 6.45) is 4.70. The third-order valence-electron chi connectivity index (χ3n) is 6.33. The Morgan fingerprint density at radius 2 is 1.97 bits per heavy atom. The highest BCUT2D eigenvalue weighted by atomic mass is 35.5. The van der Waals surface area contributed by atoms with Gasteiger partial charge >= 0.3 is 5.97 Å². The summed E-state index contributed by atoms with van der Waals surface area (Å²) in [4.78, 5) is 41.0. The number of nitrogens with zero attached hydrogens (tertiary/aromatic N) is 3. The Kier molecular flexibility index (Phi) is 8.02. The molecule has 2 amide bonds. The highest BCUT2D eigenvalue weighted by Crippen LogP contribution is 2.35. The van der Waals surface area contributed by atoms with E-state index in [2.05, 4.69) is 24.3 Å². The predicted molar refractivity (Wildman–Crippen MR) is 131 cm³/mol. The van der Waals surface area contributed by atoms with E-state index in [-0.39, 0.29) is 29.9 Å². The number of hydrogen-bond acceptors (Lipinski definition) is 5. The Balaban J connectivity index is 2.07. The molecule has 2 atom stereocenters. The van der Waals surface area contributed by atoms with Gasteiger partial charge in [0.25, 0.3) is 5.91 Å². The lowest BCUT2D eigenvalue weighted by molar-refractivity contribution is -0.127. The summed E-state index contributed by atoms with van der Waals surface area (Å²) >= 11 is 6.38. The fourth-order valence-electron chi connectivity index (χ4n) is 4.34. The van der Waals surface area contributed by atoms with Gasteiger partial charge in [0, 0.05) is 22.8 Å². The van der Waals surface area contributed by atoms with Gasteiger partial charge in [0.2, 0.25) is 5.91 Å². The number of halogens is 1. The van der Waals surface area contributed by atoms with Crippen LogP contribution in [0.5, 0.6) is 0 Å². The van der Waals surface area contributed by atoms with Gasteiger partial charge in [-0.2, -0.15) is 5.10 Å². The lowest BCUT2D eigenvalue weighted by atomic mass is 9.92. The number of carbonyl (C=O) groups excluding carboxylic acids is 3. The molecule has 0 aliphatic carbocycles. The monoisotopic (exact) mass is 488 g/mol. The second-order valence-electron chi connectivity index (χ2n) is 9.01. The number of aromatic nitrogens is 2. The molecule has 2 heterocycles. The van der Waals surface area contributed by atoms with Crippen LogP contribution in [0, 0.1) is 6.92 Å². The number of aryl methyl sites for hydroxylation is 1. The highest BCUT2D eigenvalue weighted by molar-refractivity contribution is 6.31. The molecule has 3 rings (SSSR count). The van der Waals surface area contributed by atoms with Crippen LogP contribution in [0.2, 0.25) is 5.02 Å². The zero-order valence-electron chi connectivity index (χ0n) is 20.5. The van der Waals surface area contributed by atoms with Gasteiger partial charge in [-0.1, -0.05) is 50.8 Å². The van der Waals surface area contributed by atoms with E-state index >= 15 is 0 Å². The van der Waals surface area contributed by atoms with E-state index < -0.39 is 17.4 Å². The molecule has 184 valence electrons. The molecule has 0 spiro atoms. The molecule has 0 saturated heterocycles. The summed E-state index contributed by atoms with van der Waals surface area (Å²) in [5.74, 6) is -1.35. The standard InChI is InChI=1S/C25H33ClN4O4/c1-6-8-10-17(9-7-2)27-24(33)25(4)15-29-21(14-20(28-29)23(32)34-5)22(31)30(25)18-12-11-16(3)19(26)13-18/h11-14,17H,6-10,15H2,1-5H3,(H,27,33). The number of ether oxygens (including phenoxy) is 1. The number of hydrogen-bond donors (Lipinski definition) is 1. The molecule has 34 heavy (non-hydrogen) atoms. The van der Waals surface area contributed by atoms with Crippen molar-refractivity contribution in [2.24, 2.45) is 0 Å². The van der Waals surface area contributed by atoms with Crippen molar-refractivity contribution in [3.8, 4) is 0 Å². The molecule has 1 N–H and O–H groups in total. The number of amides is 2. The number of benzene rings is 1. The van der Waals surface area contributed by atoms with Gasteiger partial charge in [-0.3, -0.25) is 19.2 Å². The minimum atomic E-state index is -1.29. The Morgan fingerprint density at radius 1 is 1.24 bits per heavy atom. The third-order valence-corrected chi connectivity index (χ3v) is 6.74. The maximum Gasteiger partial charge on any atom is 0.358 e. The summed E-state index contributed by atoms with van der Waals surface area (Å²) < 4.78 is 6.19. The van der Waals surface area contributed by atoms with Crippen LogP contribution < -0.4 is 10.2 Å². The second kappa shape index (κ2) is 10.6. The van der Waals surface area contributed by atoms with Crippen molar-refractivity contribution in [2.75, 3.05) is 12.0 Å². The summed E-state index contributed by atoms with van der Waals surface area (Å²) in [7, 11) is 1.25. The van der Waals surface area contributed by atoms with E-state index in [9.17, 15) is 14.4 Å². The molecule has 1 aromatic carbocycles. The molecule has 1 aliphatic rings. The normalized spacial score (nSPS) is 18.4. The first-order valence-corrected chi connectivity index (χ1v) is 12.1. The zero-order valence-corrected chi connectivity index (χ0v) is 21.2. The lowest BCUT2D eigenvalue weighted by Crippen LogP contribution is -2.65. The molecule has 0 radical (unpaired) electrons. The Morgan fingerprint density at radius 3 is 2.59 bits per heavy atom. The molecular weight excluding hydrogens is 456 g/mol. The fraction of sp³-hybridized carbons (Fsp3) is 0.520. The number of unbranched alkanes of at least 4 members (excludes halogenated alkanes) is 1. The number of nitrogens with one attached hydrogen (secondary N) is 1. The molecule has 2 unspecified atom stereocenters. The molecule has 1 aliphatic heterocycles. The third kappa shape index (κ3) is 4.97. The largest absolute Gasteiger partial charge is 0.464 e. The molecule has 2 aromatic rings. The van der Waals surface area contributed by atoms with Crippen LogP contribution in [0.3, 0.4) is 0 Å². The van der Waals surface area contributed by atoms with Crippen LogP contribution >= 0.6 is 11.6 Å². The van der Waals surface area contributed by atoms with Crippen molar-refractivity contribution in [2.45, 2.75) is 77.9 Å². The van der Waals surface area contributed by atoms with Gasteiger partial charge in [0.05, 0.1) is 13.7 Å². The number of fused-ring (bicyclic) bond motifs is 1. The highest BCUT2D eigenvalue weighted by Gasteiger charge is 2.49. The van der Waals surface area contributed by atoms with Crippen molar-refractivity contribution in [3.05, 3.63) is 46.2 Å². The molecular formula is C25H33ClN4O4. The Bertz CT molecular complexity index is 1080. The fourth-order valence-corrected chi connectivity index (χ4v) is 4.51. The van der Waals surface area contributed by atoms with Gasteiger partial charge in [-0.25, -0.2) is 4.79 Å². The number of methoxy groups -OCH3 is 1. The summed E-state index contributed by atoms with van der Waals surface area (Å²) in [6, 6.07) is 6.69. The first kappa shape index (κ1) is 25.7. The van der Waals surface area contributed by atoms with E-state index in [1.807, 2.05) is 13.0 Å². The van der Waals surface area contributed by atoms with Gasteiger partial charge < -0.3 is 10.1 Å². The van der Waals surface area contributed by atoms with Crippen molar-refractivity contribution in [1.82, 2.24) is 15.1 Å². The molecule has 0 saturated carbocycles. The first-order chi connectivity index (χ1) is 16.2. The lowest BCUT2D eigenvalue weighted by Gasteiger charge is -2.43. The second-order valence-corrected chi connectivity index (χ2v) is 9.42. The molecule has 8 nitrogen and oxygen atoms in total. The average Bonchev–Trinajstić information content (AvgIpc) is 3.23. The van der Waals surface area contributed by atoms with Crippen LogP contribution in [0.25, 0.3) is 0 Å². The minimum Gasteiger partial charge on any atom is -0.464 e. The van der Waals surface area contributed by atoms with Gasteiger partial charge in [0.1, 0.15) is 11.2 Å². The maximum absolute atomic E-state index is 13.8. The number of rotatable bonds is 9. The van der Waals surface area contributed by atoms with Crippen molar-refractivity contribution in [1.29, 1.82) is 0 Å². The van der Waals surface area contributed by atoms with Crippen molar-refractivity contribution in [3.63, 3.8) is 0 Å². The Labute approximate surface area is 205 Å². The predicted octanol–water partition coefficient (Wildman–Crippen LogP) is 4.53. The van der Waals surface area contributed by atoms with E-state index in [1.54, 1.807) is 19.1 Å². The van der Waals surface area contributed by atoms with Crippen molar-refractivity contribution >= 4 is 35.1 Å². The van der Waals surface area contributed by atoms with E-state index in [0.717, 1.165) is 37.7 Å². The van der Waals surface area contributed by atoms with Gasteiger partial charge in [-0.15, -0.1) is 0 Å². The van der Waals surface area contributed by atoms with Crippen molar-refractivity contribution < 1.29 is 19.1 Å². The number of anilines is 1. The molecule has 9 heteroatoms. The molecule has 1 aromatic heterocycles. The summed E-state index contributed by atoms with van der Waals surface area (Å²) in [6.45, 7) is 7.87. The Hall–Kier alpha value is -2.87. The van der Waals surface area contributed by atoms with Gasteiger partial charge in [0.15, 0.2) is 5.69 Å². The van der Waals surface area contributed by atoms with E-state index in [1.165, 1.54) is 22.8 Å². The first-order valence-electron chi connectivity index (χ1n) is 11.7. The zero-order chi connectivity index (χ0) is 25.0. The van der Waals surface area contributed by atoms with E-state index in [0.29, 0.717) is 10.7 Å². The van der Waals surface area contributed by atoms with E-state index in [4.69, 9.17) is 16.3 Å². The number of esters is 1. The van der Waals surface area contributed by atoms with Crippen LogP contribution in [0.4, 0.5) is 5.69 Å².